The van der Waals surface area contributed by atoms with Gasteiger partial charge in [-0.05, 0) is 25.0 Å². The van der Waals surface area contributed by atoms with Crippen LogP contribution in [0.3, 0.4) is 0 Å². The molecule has 1 aromatic rings. The monoisotopic (exact) mass is 241 g/mol. The highest BCUT2D eigenvalue weighted by atomic mass is 35.5. The third kappa shape index (κ3) is 3.47. The number of hydrogen-bond acceptors (Lipinski definition) is 3. The van der Waals surface area contributed by atoms with Crippen molar-refractivity contribution in [3.8, 4) is 0 Å². The molecule has 0 bridgehead atoms. The number of aromatic nitrogens is 1. The number of hydrogen-bond donors (Lipinski definition) is 2. The number of nitrogens with one attached hydrogen (secondary N) is 1. The fraction of sp³-hybridized carbons (Fsp3) is 0.455. The fourth-order valence-corrected chi connectivity index (χ4v) is 1.41. The van der Waals surface area contributed by atoms with E-state index in [0.717, 1.165) is 12.0 Å². The molecule has 1 heterocycles. The Bertz CT molecular complexity index is 381. The second-order valence-electron chi connectivity index (χ2n) is 3.72. The molecule has 0 spiro atoms. The lowest BCUT2D eigenvalue weighted by Gasteiger charge is -2.11. The molecule has 1 rings (SSSR count). The van der Waals surface area contributed by atoms with Gasteiger partial charge in [0.1, 0.15) is 5.15 Å². The minimum atomic E-state index is -0.471. The molecular weight excluding hydrogens is 226 g/mol. The van der Waals surface area contributed by atoms with Gasteiger partial charge in [0.2, 0.25) is 5.91 Å². The van der Waals surface area contributed by atoms with Crippen LogP contribution in [0.15, 0.2) is 12.3 Å². The van der Waals surface area contributed by atoms with Gasteiger partial charge in [-0.1, -0.05) is 24.9 Å². The number of anilines is 1. The van der Waals surface area contributed by atoms with Gasteiger partial charge < -0.3 is 11.1 Å². The Balaban J connectivity index is 2.66. The van der Waals surface area contributed by atoms with E-state index in [-0.39, 0.29) is 5.91 Å². The van der Waals surface area contributed by atoms with Gasteiger partial charge in [0, 0.05) is 0 Å². The second kappa shape index (κ2) is 5.82. The third-order valence-corrected chi connectivity index (χ3v) is 2.61. The van der Waals surface area contributed by atoms with E-state index in [2.05, 4.69) is 10.3 Å². The Kier molecular flexibility index (Phi) is 4.71. The van der Waals surface area contributed by atoms with Gasteiger partial charge in [-0.25, -0.2) is 4.98 Å². The van der Waals surface area contributed by atoms with E-state index in [0.29, 0.717) is 17.3 Å². The first kappa shape index (κ1) is 12.9. The summed E-state index contributed by atoms with van der Waals surface area (Å²) >= 11 is 5.78. The van der Waals surface area contributed by atoms with Gasteiger partial charge in [-0.15, -0.1) is 0 Å². The van der Waals surface area contributed by atoms with E-state index in [1.54, 1.807) is 6.07 Å². The highest BCUT2D eigenvalue weighted by Crippen LogP contribution is 2.16. The van der Waals surface area contributed by atoms with E-state index in [1.165, 1.54) is 6.20 Å². The molecule has 0 radical (unpaired) electrons. The van der Waals surface area contributed by atoms with Crippen LogP contribution in [0.5, 0.6) is 0 Å². The molecule has 88 valence electrons. The van der Waals surface area contributed by atoms with Crippen molar-refractivity contribution in [2.24, 2.45) is 5.73 Å². The minimum absolute atomic E-state index is 0.189. The molecule has 1 amide bonds. The number of carbonyl (C=O) groups is 1. The van der Waals surface area contributed by atoms with Crippen molar-refractivity contribution in [2.75, 3.05) is 5.32 Å². The first-order chi connectivity index (χ1) is 7.54. The first-order valence-electron chi connectivity index (χ1n) is 5.23. The normalized spacial score (nSPS) is 12.2. The molecule has 0 aliphatic rings. The van der Waals surface area contributed by atoms with Crippen LogP contribution in [0.4, 0.5) is 5.69 Å². The molecule has 4 nitrogen and oxygen atoms in total. The van der Waals surface area contributed by atoms with E-state index in [4.69, 9.17) is 17.3 Å². The van der Waals surface area contributed by atoms with Crippen molar-refractivity contribution in [2.45, 2.75) is 32.7 Å². The maximum Gasteiger partial charge on any atom is 0.241 e. The van der Waals surface area contributed by atoms with E-state index < -0.39 is 6.04 Å². The number of pyridine rings is 1. The van der Waals surface area contributed by atoms with Crippen molar-refractivity contribution in [1.82, 2.24) is 4.98 Å². The number of nitrogens with zero attached hydrogens (tertiary/aromatic N) is 1. The smallest absolute Gasteiger partial charge is 0.241 e. The van der Waals surface area contributed by atoms with Gasteiger partial charge in [-0.3, -0.25) is 4.79 Å². The van der Waals surface area contributed by atoms with Crippen LogP contribution in [0.25, 0.3) is 0 Å². The van der Waals surface area contributed by atoms with Crippen molar-refractivity contribution < 1.29 is 4.79 Å². The third-order valence-electron chi connectivity index (χ3n) is 2.22. The molecule has 1 atom stereocenters. The van der Waals surface area contributed by atoms with Crippen molar-refractivity contribution in [3.63, 3.8) is 0 Å². The number of carbonyl (C=O) groups excluding carboxylic acids is 1. The Morgan fingerprint density at radius 1 is 1.69 bits per heavy atom. The van der Waals surface area contributed by atoms with E-state index in [9.17, 15) is 4.79 Å². The maximum absolute atomic E-state index is 11.6. The van der Waals surface area contributed by atoms with Crippen molar-refractivity contribution in [3.05, 3.63) is 23.0 Å². The average molecular weight is 242 g/mol. The number of amides is 1. The Morgan fingerprint density at radius 3 is 2.94 bits per heavy atom. The Hall–Kier alpha value is -1.13. The Morgan fingerprint density at radius 2 is 2.38 bits per heavy atom. The first-order valence-corrected chi connectivity index (χ1v) is 5.61. The van der Waals surface area contributed by atoms with Crippen LogP contribution in [-0.2, 0) is 4.79 Å². The molecule has 0 aliphatic heterocycles. The highest BCUT2D eigenvalue weighted by molar-refractivity contribution is 6.30. The lowest BCUT2D eigenvalue weighted by atomic mass is 10.1. The van der Waals surface area contributed by atoms with Crippen LogP contribution in [0, 0.1) is 6.92 Å². The number of aryl methyl sites for hydroxylation is 1. The molecule has 1 unspecified atom stereocenters. The summed E-state index contributed by atoms with van der Waals surface area (Å²) < 4.78 is 0. The van der Waals surface area contributed by atoms with Crippen LogP contribution in [-0.4, -0.2) is 16.9 Å². The standard InChI is InChI=1S/C11H16ClN3O/c1-3-4-9(13)11(16)15-8-5-7(2)10(12)14-6-8/h5-6,9H,3-4,13H2,1-2H3,(H,15,16). The predicted octanol–water partition coefficient (Wildman–Crippen LogP) is 2.11. The lowest BCUT2D eigenvalue weighted by molar-refractivity contribution is -0.117. The zero-order chi connectivity index (χ0) is 12.1. The summed E-state index contributed by atoms with van der Waals surface area (Å²) in [7, 11) is 0. The van der Waals surface area contributed by atoms with Crippen LogP contribution in [0.1, 0.15) is 25.3 Å². The van der Waals surface area contributed by atoms with Crippen LogP contribution < -0.4 is 11.1 Å². The summed E-state index contributed by atoms with van der Waals surface area (Å²) in [5.74, 6) is -0.189. The summed E-state index contributed by atoms with van der Waals surface area (Å²) in [5.41, 5.74) is 7.13. The molecular formula is C11H16ClN3O. The predicted molar refractivity (Wildman–Crippen MR) is 65.5 cm³/mol. The number of nitrogens with two attached hydrogens (primary N) is 1. The second-order valence-corrected chi connectivity index (χ2v) is 4.07. The summed E-state index contributed by atoms with van der Waals surface area (Å²) in [5, 5.41) is 3.15. The highest BCUT2D eigenvalue weighted by Gasteiger charge is 2.12. The molecule has 0 aliphatic carbocycles. The minimum Gasteiger partial charge on any atom is -0.323 e. The molecule has 16 heavy (non-hydrogen) atoms. The topological polar surface area (TPSA) is 68.0 Å². The Labute approximate surface area is 100 Å². The molecule has 0 aromatic carbocycles. The average Bonchev–Trinajstić information content (AvgIpc) is 2.24. The van der Waals surface area contributed by atoms with E-state index >= 15 is 0 Å². The molecule has 3 N–H and O–H groups in total. The number of halogens is 1. The molecule has 0 fully saturated rings. The SMILES string of the molecule is CCCC(N)C(=O)Nc1cnc(Cl)c(C)c1. The summed E-state index contributed by atoms with van der Waals surface area (Å²) in [6, 6.07) is 1.30. The lowest BCUT2D eigenvalue weighted by Crippen LogP contribution is -2.35. The molecule has 1 aromatic heterocycles. The number of rotatable bonds is 4. The van der Waals surface area contributed by atoms with Gasteiger partial charge in [0.15, 0.2) is 0 Å². The molecule has 0 saturated carbocycles. The largest absolute Gasteiger partial charge is 0.323 e. The van der Waals surface area contributed by atoms with Crippen molar-refractivity contribution >= 4 is 23.2 Å². The molecule has 0 saturated heterocycles. The fourth-order valence-electron chi connectivity index (χ4n) is 1.30. The maximum atomic E-state index is 11.6. The zero-order valence-corrected chi connectivity index (χ0v) is 10.2. The van der Waals surface area contributed by atoms with Gasteiger partial charge in [0.25, 0.3) is 0 Å². The summed E-state index contributed by atoms with van der Waals surface area (Å²) in [6.45, 7) is 3.82. The van der Waals surface area contributed by atoms with E-state index in [1.807, 2.05) is 13.8 Å². The van der Waals surface area contributed by atoms with Crippen LogP contribution >= 0.6 is 11.6 Å². The van der Waals surface area contributed by atoms with Gasteiger partial charge in [0.05, 0.1) is 17.9 Å². The van der Waals surface area contributed by atoms with Crippen molar-refractivity contribution in [1.29, 1.82) is 0 Å². The summed E-state index contributed by atoms with van der Waals surface area (Å²) in [6.07, 6.45) is 3.07. The van der Waals surface area contributed by atoms with Gasteiger partial charge in [-0.2, -0.15) is 0 Å². The zero-order valence-electron chi connectivity index (χ0n) is 9.46. The quantitative estimate of drug-likeness (QED) is 0.794. The molecule has 5 heteroatoms. The summed E-state index contributed by atoms with van der Waals surface area (Å²) in [4.78, 5) is 15.5. The van der Waals surface area contributed by atoms with Gasteiger partial charge >= 0.3 is 0 Å². The van der Waals surface area contributed by atoms with Crippen LogP contribution in [0.2, 0.25) is 5.15 Å².